The van der Waals surface area contributed by atoms with E-state index in [4.69, 9.17) is 0 Å². The third-order valence-electron chi connectivity index (χ3n) is 5.20. The highest BCUT2D eigenvalue weighted by Gasteiger charge is 2.31. The monoisotopic (exact) mass is 310 g/mol. The van der Waals surface area contributed by atoms with Crippen molar-refractivity contribution in [2.45, 2.75) is 82.7 Å². The van der Waals surface area contributed by atoms with Gasteiger partial charge in [0, 0.05) is 6.54 Å². The molecule has 1 amide bonds. The maximum Gasteiger partial charge on any atom is 0.222 e. The second-order valence-corrected chi connectivity index (χ2v) is 7.27. The van der Waals surface area contributed by atoms with Gasteiger partial charge in [-0.1, -0.05) is 32.1 Å². The van der Waals surface area contributed by atoms with E-state index in [9.17, 15) is 9.90 Å². The molecule has 2 N–H and O–H groups in total. The molecule has 4 heteroatoms. The smallest absolute Gasteiger partial charge is 0.222 e. The molecule has 1 saturated carbocycles. The highest BCUT2D eigenvalue weighted by Crippen LogP contribution is 2.30. The number of likely N-dealkylation sites (tertiary alicyclic amines) is 1. The first kappa shape index (κ1) is 17.7. The van der Waals surface area contributed by atoms with Crippen LogP contribution in [0.3, 0.4) is 0 Å². The Kier molecular flexibility index (Phi) is 7.67. The molecule has 0 unspecified atom stereocenters. The molecule has 0 atom stereocenters. The number of hydrogen-bond donors (Lipinski definition) is 2. The summed E-state index contributed by atoms with van der Waals surface area (Å²) in [6.45, 7) is 4.52. The van der Waals surface area contributed by atoms with Gasteiger partial charge < -0.3 is 15.3 Å². The number of aliphatic hydroxyl groups is 1. The average molecular weight is 310 g/mol. The number of hydrogen-bond acceptors (Lipinski definition) is 3. The Bertz CT molecular complexity index is 321. The number of unbranched alkanes of at least 4 members (excludes halogenated alkanes) is 2. The molecule has 2 rings (SSSR count). The number of nitrogens with zero attached hydrogens (tertiary/aromatic N) is 1. The molecule has 2 fully saturated rings. The molecule has 4 nitrogen and oxygen atoms in total. The SMILES string of the molecule is O=C(CC1(O)CCCCC1)NCCCCCN1CCCCC1. The first-order valence-electron chi connectivity index (χ1n) is 9.39. The molecule has 0 aromatic rings. The summed E-state index contributed by atoms with van der Waals surface area (Å²) < 4.78 is 0. The summed E-state index contributed by atoms with van der Waals surface area (Å²) in [6.07, 6.45) is 12.8. The van der Waals surface area contributed by atoms with Gasteiger partial charge in [0.15, 0.2) is 0 Å². The van der Waals surface area contributed by atoms with E-state index < -0.39 is 5.60 Å². The van der Waals surface area contributed by atoms with Gasteiger partial charge in [0.05, 0.1) is 12.0 Å². The fraction of sp³-hybridized carbons (Fsp3) is 0.944. The van der Waals surface area contributed by atoms with Gasteiger partial charge in [-0.3, -0.25) is 4.79 Å². The van der Waals surface area contributed by atoms with Crippen molar-refractivity contribution in [3.8, 4) is 0 Å². The molecule has 0 spiro atoms. The van der Waals surface area contributed by atoms with Gasteiger partial charge in [-0.25, -0.2) is 0 Å². The molecule has 0 bridgehead atoms. The van der Waals surface area contributed by atoms with E-state index in [0.717, 1.165) is 38.6 Å². The van der Waals surface area contributed by atoms with Crippen LogP contribution in [0.15, 0.2) is 0 Å². The summed E-state index contributed by atoms with van der Waals surface area (Å²) in [5.74, 6) is 0.0282. The van der Waals surface area contributed by atoms with Gasteiger partial charge in [0.25, 0.3) is 0 Å². The topological polar surface area (TPSA) is 52.6 Å². The number of rotatable bonds is 8. The maximum absolute atomic E-state index is 11.9. The van der Waals surface area contributed by atoms with Gasteiger partial charge in [0.2, 0.25) is 5.91 Å². The minimum atomic E-state index is -0.726. The Morgan fingerprint density at radius 1 is 0.955 bits per heavy atom. The Balaban J connectivity index is 1.46. The van der Waals surface area contributed by atoms with E-state index in [1.165, 1.54) is 58.2 Å². The lowest BCUT2D eigenvalue weighted by Gasteiger charge is -2.31. The summed E-state index contributed by atoms with van der Waals surface area (Å²) in [5.41, 5.74) is -0.726. The standard InChI is InChI=1S/C18H34N2O2/c21-17(16-18(22)10-4-1-5-11-18)19-12-6-2-7-13-20-14-8-3-9-15-20/h22H,1-16H2,(H,19,21). The van der Waals surface area contributed by atoms with Crippen LogP contribution in [0.1, 0.15) is 77.0 Å². The highest BCUT2D eigenvalue weighted by atomic mass is 16.3. The van der Waals surface area contributed by atoms with E-state index >= 15 is 0 Å². The predicted molar refractivity (Wildman–Crippen MR) is 89.8 cm³/mol. The van der Waals surface area contributed by atoms with Crippen LogP contribution in [0.25, 0.3) is 0 Å². The largest absolute Gasteiger partial charge is 0.389 e. The Labute approximate surface area is 135 Å². The van der Waals surface area contributed by atoms with Crippen LogP contribution in [0.2, 0.25) is 0 Å². The summed E-state index contributed by atoms with van der Waals surface area (Å²) in [4.78, 5) is 14.5. The van der Waals surface area contributed by atoms with E-state index in [-0.39, 0.29) is 5.91 Å². The zero-order valence-electron chi connectivity index (χ0n) is 14.1. The van der Waals surface area contributed by atoms with Crippen molar-refractivity contribution in [1.82, 2.24) is 10.2 Å². The first-order valence-corrected chi connectivity index (χ1v) is 9.39. The van der Waals surface area contributed by atoms with Crippen molar-refractivity contribution in [2.75, 3.05) is 26.2 Å². The summed E-state index contributed by atoms with van der Waals surface area (Å²) in [6, 6.07) is 0. The Morgan fingerprint density at radius 2 is 1.64 bits per heavy atom. The average Bonchev–Trinajstić information content (AvgIpc) is 2.52. The van der Waals surface area contributed by atoms with Crippen LogP contribution in [0.4, 0.5) is 0 Å². The van der Waals surface area contributed by atoms with Crippen LogP contribution in [0.5, 0.6) is 0 Å². The number of nitrogens with one attached hydrogen (secondary N) is 1. The normalized spacial score (nSPS) is 22.4. The number of piperidine rings is 1. The minimum Gasteiger partial charge on any atom is -0.389 e. The van der Waals surface area contributed by atoms with Crippen LogP contribution in [-0.4, -0.2) is 47.7 Å². The molecule has 0 aromatic heterocycles. The lowest BCUT2D eigenvalue weighted by molar-refractivity contribution is -0.127. The summed E-state index contributed by atoms with van der Waals surface area (Å²) in [7, 11) is 0. The van der Waals surface area contributed by atoms with E-state index in [1.54, 1.807) is 0 Å². The molecule has 0 radical (unpaired) electrons. The third-order valence-corrected chi connectivity index (χ3v) is 5.20. The maximum atomic E-state index is 11.9. The molecule has 1 saturated heterocycles. The molecular weight excluding hydrogens is 276 g/mol. The zero-order chi connectivity index (χ0) is 15.7. The molecule has 1 heterocycles. The molecule has 128 valence electrons. The molecule has 0 aromatic carbocycles. The Morgan fingerprint density at radius 3 is 2.36 bits per heavy atom. The van der Waals surface area contributed by atoms with Crippen LogP contribution < -0.4 is 5.32 Å². The number of carbonyl (C=O) groups excluding carboxylic acids is 1. The lowest BCUT2D eigenvalue weighted by atomic mass is 9.82. The molecular formula is C18H34N2O2. The van der Waals surface area contributed by atoms with Crippen LogP contribution in [-0.2, 0) is 4.79 Å². The predicted octanol–water partition coefficient (Wildman–Crippen LogP) is 2.84. The van der Waals surface area contributed by atoms with Crippen molar-refractivity contribution in [2.24, 2.45) is 0 Å². The van der Waals surface area contributed by atoms with Gasteiger partial charge in [0.1, 0.15) is 0 Å². The first-order chi connectivity index (χ1) is 10.7. The zero-order valence-corrected chi connectivity index (χ0v) is 14.1. The Hall–Kier alpha value is -0.610. The lowest BCUT2D eigenvalue weighted by Crippen LogP contribution is -2.38. The second-order valence-electron chi connectivity index (χ2n) is 7.27. The van der Waals surface area contributed by atoms with Crippen molar-refractivity contribution < 1.29 is 9.90 Å². The highest BCUT2D eigenvalue weighted by molar-refractivity contribution is 5.76. The van der Waals surface area contributed by atoms with E-state index in [2.05, 4.69) is 10.2 Å². The van der Waals surface area contributed by atoms with Crippen LogP contribution in [0, 0.1) is 0 Å². The van der Waals surface area contributed by atoms with Gasteiger partial charge >= 0.3 is 0 Å². The van der Waals surface area contributed by atoms with Gasteiger partial charge in [-0.2, -0.15) is 0 Å². The van der Waals surface area contributed by atoms with Crippen molar-refractivity contribution in [1.29, 1.82) is 0 Å². The quantitative estimate of drug-likeness (QED) is 0.678. The van der Waals surface area contributed by atoms with Crippen LogP contribution >= 0.6 is 0 Å². The summed E-state index contributed by atoms with van der Waals surface area (Å²) in [5, 5.41) is 13.3. The molecule has 1 aliphatic carbocycles. The van der Waals surface area contributed by atoms with Crippen molar-refractivity contribution in [3.05, 3.63) is 0 Å². The molecule has 2 aliphatic rings. The minimum absolute atomic E-state index is 0.0282. The van der Waals surface area contributed by atoms with E-state index in [1.807, 2.05) is 0 Å². The second kappa shape index (κ2) is 9.51. The fourth-order valence-electron chi connectivity index (χ4n) is 3.80. The van der Waals surface area contributed by atoms with Crippen molar-refractivity contribution in [3.63, 3.8) is 0 Å². The summed E-state index contributed by atoms with van der Waals surface area (Å²) >= 11 is 0. The molecule has 1 aliphatic heterocycles. The van der Waals surface area contributed by atoms with Crippen molar-refractivity contribution >= 4 is 5.91 Å². The van der Waals surface area contributed by atoms with Gasteiger partial charge in [-0.05, 0) is 58.2 Å². The molecule has 22 heavy (non-hydrogen) atoms. The number of amides is 1. The fourth-order valence-corrected chi connectivity index (χ4v) is 3.80. The van der Waals surface area contributed by atoms with E-state index in [0.29, 0.717) is 6.42 Å². The third kappa shape index (κ3) is 6.66. The number of carbonyl (C=O) groups is 1. The van der Waals surface area contributed by atoms with Gasteiger partial charge in [-0.15, -0.1) is 0 Å².